The Bertz CT molecular complexity index is 1010. The molecule has 118 valence electrons. The molecule has 2 aromatic carbocycles. The van der Waals surface area contributed by atoms with E-state index in [1.54, 1.807) is 30.5 Å². The number of carbonyl (C=O) groups excluding carboxylic acids is 1. The predicted octanol–water partition coefficient (Wildman–Crippen LogP) is 5.20. The van der Waals surface area contributed by atoms with E-state index in [2.05, 4.69) is 9.83 Å². The van der Waals surface area contributed by atoms with Gasteiger partial charge in [-0.1, -0.05) is 35.4 Å². The quantitative estimate of drug-likeness (QED) is 0.477. The zero-order chi connectivity index (χ0) is 17.3. The zero-order valence-corrected chi connectivity index (χ0v) is 13.9. The second-order valence-electron chi connectivity index (χ2n) is 5.32. The molecule has 24 heavy (non-hydrogen) atoms. The molecule has 0 aliphatic carbocycles. The molecule has 0 saturated heterocycles. The average molecular weight is 337 g/mol. The molecule has 0 unspecified atom stereocenters. The first kappa shape index (κ1) is 16.0. The highest BCUT2D eigenvalue weighted by Gasteiger charge is 2.15. The summed E-state index contributed by atoms with van der Waals surface area (Å²) in [7, 11) is 1.34. The fourth-order valence-electron chi connectivity index (χ4n) is 2.68. The maximum atomic E-state index is 11.8. The van der Waals surface area contributed by atoms with Gasteiger partial charge in [-0.25, -0.2) is 9.64 Å². The van der Waals surface area contributed by atoms with Crippen molar-refractivity contribution < 1.29 is 9.53 Å². The van der Waals surface area contributed by atoms with Gasteiger partial charge in [-0.3, -0.25) is 4.98 Å². The maximum Gasteiger partial charge on any atom is 0.337 e. The minimum absolute atomic E-state index is 0.414. The number of halogens is 1. The number of esters is 1. The Morgan fingerprint density at radius 3 is 2.71 bits per heavy atom. The largest absolute Gasteiger partial charge is 0.465 e. The molecule has 0 saturated carbocycles. The first-order chi connectivity index (χ1) is 11.5. The van der Waals surface area contributed by atoms with E-state index in [0.29, 0.717) is 16.3 Å². The maximum absolute atomic E-state index is 11.8. The number of carbonyl (C=O) groups is 1. The SMILES string of the molecule is [C-]#[N+]c1ccc(-c2c(Cl)cnc3ccc(C(=O)OC)cc23)c(C)c1. The summed E-state index contributed by atoms with van der Waals surface area (Å²) in [5.41, 5.74) is 4.37. The van der Waals surface area contributed by atoms with Gasteiger partial charge in [0.15, 0.2) is 5.69 Å². The highest BCUT2D eigenvalue weighted by Crippen LogP contribution is 2.37. The number of nitrogens with zero attached hydrogens (tertiary/aromatic N) is 2. The van der Waals surface area contributed by atoms with E-state index in [0.717, 1.165) is 27.6 Å². The number of methoxy groups -OCH3 is 1. The first-order valence-corrected chi connectivity index (χ1v) is 7.58. The Morgan fingerprint density at radius 2 is 2.04 bits per heavy atom. The van der Waals surface area contributed by atoms with E-state index < -0.39 is 5.97 Å². The lowest BCUT2D eigenvalue weighted by molar-refractivity contribution is 0.0601. The van der Waals surface area contributed by atoms with Crippen molar-refractivity contribution in [2.24, 2.45) is 0 Å². The fourth-order valence-corrected chi connectivity index (χ4v) is 2.94. The summed E-state index contributed by atoms with van der Waals surface area (Å²) in [4.78, 5) is 19.6. The summed E-state index contributed by atoms with van der Waals surface area (Å²) < 4.78 is 4.79. The fraction of sp³-hybridized carbons (Fsp3) is 0.105. The Kier molecular flexibility index (Phi) is 4.20. The molecular weight excluding hydrogens is 324 g/mol. The van der Waals surface area contributed by atoms with Crippen molar-refractivity contribution in [1.82, 2.24) is 4.98 Å². The molecule has 0 N–H and O–H groups in total. The van der Waals surface area contributed by atoms with Crippen LogP contribution in [0, 0.1) is 13.5 Å². The van der Waals surface area contributed by atoms with Gasteiger partial charge in [-0.05, 0) is 30.7 Å². The van der Waals surface area contributed by atoms with Gasteiger partial charge in [-0.15, -0.1) is 0 Å². The van der Waals surface area contributed by atoms with E-state index in [1.807, 2.05) is 19.1 Å². The Balaban J connectivity index is 2.32. The summed E-state index contributed by atoms with van der Waals surface area (Å²) in [6.45, 7) is 9.05. The molecular formula is C19H13ClN2O2. The van der Waals surface area contributed by atoms with Crippen molar-refractivity contribution in [2.45, 2.75) is 6.92 Å². The van der Waals surface area contributed by atoms with Crippen molar-refractivity contribution in [2.75, 3.05) is 7.11 Å². The summed E-state index contributed by atoms with van der Waals surface area (Å²) >= 11 is 6.41. The smallest absolute Gasteiger partial charge is 0.337 e. The van der Waals surface area contributed by atoms with Crippen molar-refractivity contribution in [1.29, 1.82) is 0 Å². The van der Waals surface area contributed by atoms with Crippen LogP contribution in [-0.2, 0) is 4.74 Å². The predicted molar refractivity (Wildman–Crippen MR) is 94.5 cm³/mol. The number of ether oxygens (including phenoxy) is 1. The Hall–Kier alpha value is -2.90. The van der Waals surface area contributed by atoms with Crippen molar-refractivity contribution in [3.8, 4) is 11.1 Å². The Labute approximate surface area is 144 Å². The molecule has 0 aliphatic rings. The number of aryl methyl sites for hydroxylation is 1. The molecule has 0 amide bonds. The van der Waals surface area contributed by atoms with E-state index >= 15 is 0 Å². The molecule has 4 nitrogen and oxygen atoms in total. The molecule has 0 aliphatic heterocycles. The van der Waals surface area contributed by atoms with Crippen LogP contribution in [0.4, 0.5) is 5.69 Å². The van der Waals surface area contributed by atoms with Gasteiger partial charge in [-0.2, -0.15) is 0 Å². The number of aromatic nitrogens is 1. The molecule has 3 rings (SSSR count). The van der Waals surface area contributed by atoms with E-state index in [4.69, 9.17) is 22.9 Å². The molecule has 0 fully saturated rings. The number of hydrogen-bond acceptors (Lipinski definition) is 3. The second kappa shape index (κ2) is 6.31. The van der Waals surface area contributed by atoms with Gasteiger partial charge in [0.2, 0.25) is 0 Å². The van der Waals surface area contributed by atoms with E-state index in [-0.39, 0.29) is 0 Å². The minimum Gasteiger partial charge on any atom is -0.465 e. The van der Waals surface area contributed by atoms with Gasteiger partial charge < -0.3 is 4.74 Å². The lowest BCUT2D eigenvalue weighted by atomic mass is 9.96. The van der Waals surface area contributed by atoms with Crippen LogP contribution in [0.3, 0.4) is 0 Å². The Morgan fingerprint density at radius 1 is 1.25 bits per heavy atom. The normalized spacial score (nSPS) is 10.4. The molecule has 1 heterocycles. The van der Waals surface area contributed by atoms with Crippen LogP contribution in [0.15, 0.2) is 42.6 Å². The van der Waals surface area contributed by atoms with Crippen LogP contribution in [0.25, 0.3) is 26.9 Å². The van der Waals surface area contributed by atoms with Crippen molar-refractivity contribution in [3.05, 3.63) is 70.2 Å². The topological polar surface area (TPSA) is 43.5 Å². The van der Waals surface area contributed by atoms with E-state index in [9.17, 15) is 4.79 Å². The molecule has 3 aromatic rings. The third-order valence-corrected chi connectivity index (χ3v) is 4.14. The second-order valence-corrected chi connectivity index (χ2v) is 5.72. The molecule has 0 spiro atoms. The third-order valence-electron chi connectivity index (χ3n) is 3.85. The number of benzene rings is 2. The number of fused-ring (bicyclic) bond motifs is 1. The standard InChI is InChI=1S/C19H13ClN2O2/c1-11-8-13(21-2)5-6-14(11)18-15-9-12(19(23)24-3)4-7-17(15)22-10-16(18)20/h4-10H,1,3H3. The zero-order valence-electron chi connectivity index (χ0n) is 13.1. The van der Waals surface area contributed by atoms with Gasteiger partial charge >= 0.3 is 5.97 Å². The molecule has 5 heteroatoms. The number of hydrogen-bond donors (Lipinski definition) is 0. The van der Waals surface area contributed by atoms with Crippen molar-refractivity contribution >= 4 is 34.2 Å². The van der Waals surface area contributed by atoms with Crippen LogP contribution in [-0.4, -0.2) is 18.1 Å². The average Bonchev–Trinajstić information content (AvgIpc) is 2.61. The highest BCUT2D eigenvalue weighted by molar-refractivity contribution is 6.35. The van der Waals surface area contributed by atoms with Gasteiger partial charge in [0, 0.05) is 17.1 Å². The lowest BCUT2D eigenvalue weighted by Crippen LogP contribution is -2.01. The first-order valence-electron chi connectivity index (χ1n) is 7.20. The minimum atomic E-state index is -0.414. The van der Waals surface area contributed by atoms with Gasteiger partial charge in [0.25, 0.3) is 0 Å². The van der Waals surface area contributed by atoms with E-state index in [1.165, 1.54) is 7.11 Å². The van der Waals surface area contributed by atoms with Gasteiger partial charge in [0.05, 0.1) is 29.8 Å². The van der Waals surface area contributed by atoms with Gasteiger partial charge in [0.1, 0.15) is 0 Å². The molecule has 0 radical (unpaired) electrons. The summed E-state index contributed by atoms with van der Waals surface area (Å²) in [5, 5.41) is 1.26. The van der Waals surface area contributed by atoms with Crippen molar-refractivity contribution in [3.63, 3.8) is 0 Å². The van der Waals surface area contributed by atoms with Crippen LogP contribution in [0.5, 0.6) is 0 Å². The number of rotatable bonds is 2. The third kappa shape index (κ3) is 2.70. The molecule has 0 atom stereocenters. The monoisotopic (exact) mass is 336 g/mol. The lowest BCUT2D eigenvalue weighted by Gasteiger charge is -2.13. The van der Waals surface area contributed by atoms with Crippen LogP contribution in [0.2, 0.25) is 5.02 Å². The number of pyridine rings is 1. The molecule has 0 bridgehead atoms. The molecule has 1 aromatic heterocycles. The summed E-state index contributed by atoms with van der Waals surface area (Å²) in [6, 6.07) is 10.6. The van der Waals surface area contributed by atoms with Crippen LogP contribution >= 0.6 is 11.6 Å². The highest BCUT2D eigenvalue weighted by atomic mass is 35.5. The summed E-state index contributed by atoms with van der Waals surface area (Å²) in [5.74, 6) is -0.414. The van der Waals surface area contributed by atoms with Crippen LogP contribution < -0.4 is 0 Å². The summed E-state index contributed by atoms with van der Waals surface area (Å²) in [6.07, 6.45) is 1.60. The van der Waals surface area contributed by atoms with Crippen LogP contribution in [0.1, 0.15) is 15.9 Å².